The molecule has 102 valence electrons. The second-order valence-electron chi connectivity index (χ2n) is 6.13. The van der Waals surface area contributed by atoms with E-state index in [1.165, 1.54) is 22.5 Å². The maximum absolute atomic E-state index is 4.27. The van der Waals surface area contributed by atoms with Crippen molar-refractivity contribution >= 4 is 0 Å². The van der Waals surface area contributed by atoms with E-state index in [-0.39, 0.29) is 5.54 Å². The Kier molecular flexibility index (Phi) is 3.76. The molecule has 1 N–H and O–H groups in total. The zero-order chi connectivity index (χ0) is 14.0. The molecule has 3 nitrogen and oxygen atoms in total. The van der Waals surface area contributed by atoms with Crippen molar-refractivity contribution in [2.45, 2.75) is 46.7 Å². The quantitative estimate of drug-likeness (QED) is 0.913. The number of aryl methyl sites for hydroxylation is 2. The maximum Gasteiger partial charge on any atom is 0.0994 e. The molecule has 0 atom stereocenters. The minimum absolute atomic E-state index is 0.109. The number of hydrogen-bond donors (Lipinski definition) is 1. The molecule has 0 aliphatic heterocycles. The van der Waals surface area contributed by atoms with Crippen molar-refractivity contribution in [1.29, 1.82) is 0 Å². The molecule has 0 spiro atoms. The summed E-state index contributed by atoms with van der Waals surface area (Å²) in [4.78, 5) is 4.27. The van der Waals surface area contributed by atoms with Gasteiger partial charge in [-0.15, -0.1) is 0 Å². The van der Waals surface area contributed by atoms with Crippen molar-refractivity contribution in [2.24, 2.45) is 0 Å². The Hall–Kier alpha value is -1.61. The largest absolute Gasteiger partial charge is 0.306 e. The molecule has 3 heteroatoms. The Labute approximate surface area is 115 Å². The maximum atomic E-state index is 4.27. The number of aromatic nitrogens is 2. The summed E-state index contributed by atoms with van der Waals surface area (Å²) in [7, 11) is 0. The number of benzene rings is 1. The summed E-state index contributed by atoms with van der Waals surface area (Å²) in [6.07, 6.45) is 3.80. The Morgan fingerprint density at radius 2 is 1.89 bits per heavy atom. The molecule has 0 amide bonds. The first kappa shape index (κ1) is 13.8. The van der Waals surface area contributed by atoms with Crippen molar-refractivity contribution in [3.63, 3.8) is 0 Å². The predicted molar refractivity (Wildman–Crippen MR) is 79.6 cm³/mol. The number of nitrogens with zero attached hydrogens (tertiary/aromatic N) is 2. The monoisotopic (exact) mass is 257 g/mol. The molecule has 2 rings (SSSR count). The lowest BCUT2D eigenvalue weighted by Gasteiger charge is -2.21. The topological polar surface area (TPSA) is 29.9 Å². The average Bonchev–Trinajstić information content (AvgIpc) is 2.77. The molecule has 0 saturated carbocycles. The zero-order valence-electron chi connectivity index (χ0n) is 12.5. The van der Waals surface area contributed by atoms with Crippen LogP contribution in [0.4, 0.5) is 0 Å². The molecule has 0 unspecified atom stereocenters. The normalized spacial score (nSPS) is 11.8. The van der Waals surface area contributed by atoms with Crippen LogP contribution in [0.15, 0.2) is 30.7 Å². The Balaban J connectivity index is 2.26. The fourth-order valence-electron chi connectivity index (χ4n) is 1.92. The summed E-state index contributed by atoms with van der Waals surface area (Å²) in [5.41, 5.74) is 5.09. The van der Waals surface area contributed by atoms with E-state index in [0.29, 0.717) is 0 Å². The van der Waals surface area contributed by atoms with Gasteiger partial charge in [0, 0.05) is 24.0 Å². The Morgan fingerprint density at radius 1 is 1.16 bits per heavy atom. The van der Waals surface area contributed by atoms with Crippen LogP contribution in [0.25, 0.3) is 5.69 Å². The third-order valence-corrected chi connectivity index (χ3v) is 3.28. The van der Waals surface area contributed by atoms with Gasteiger partial charge in [-0.1, -0.05) is 6.07 Å². The lowest BCUT2D eigenvalue weighted by molar-refractivity contribution is 0.419. The molecular weight excluding hydrogens is 234 g/mol. The van der Waals surface area contributed by atoms with E-state index in [1.807, 2.05) is 12.5 Å². The number of rotatable bonds is 3. The number of imidazole rings is 1. The van der Waals surface area contributed by atoms with Gasteiger partial charge in [-0.05, 0) is 57.9 Å². The highest BCUT2D eigenvalue weighted by Crippen LogP contribution is 2.16. The molecular formula is C16H23N3. The van der Waals surface area contributed by atoms with E-state index in [9.17, 15) is 0 Å². The fourth-order valence-corrected chi connectivity index (χ4v) is 1.92. The van der Waals surface area contributed by atoms with Crippen molar-refractivity contribution in [1.82, 2.24) is 14.9 Å². The van der Waals surface area contributed by atoms with Crippen LogP contribution in [-0.4, -0.2) is 15.1 Å². The number of hydrogen-bond acceptors (Lipinski definition) is 2. The van der Waals surface area contributed by atoms with Crippen LogP contribution in [0, 0.1) is 13.8 Å². The van der Waals surface area contributed by atoms with Gasteiger partial charge in [-0.25, -0.2) is 4.98 Å². The minimum atomic E-state index is 0.109. The van der Waals surface area contributed by atoms with Crippen LogP contribution >= 0.6 is 0 Å². The average molecular weight is 257 g/mol. The second kappa shape index (κ2) is 5.17. The van der Waals surface area contributed by atoms with Crippen molar-refractivity contribution in [3.05, 3.63) is 47.5 Å². The van der Waals surface area contributed by atoms with E-state index >= 15 is 0 Å². The summed E-state index contributed by atoms with van der Waals surface area (Å²) in [5.74, 6) is 0. The fraction of sp³-hybridized carbons (Fsp3) is 0.438. The third kappa shape index (κ3) is 3.44. The van der Waals surface area contributed by atoms with E-state index in [4.69, 9.17) is 0 Å². The van der Waals surface area contributed by atoms with Crippen LogP contribution in [0.3, 0.4) is 0 Å². The highest BCUT2D eigenvalue weighted by molar-refractivity contribution is 5.40. The van der Waals surface area contributed by atoms with Gasteiger partial charge >= 0.3 is 0 Å². The van der Waals surface area contributed by atoms with Crippen molar-refractivity contribution in [2.75, 3.05) is 0 Å². The summed E-state index contributed by atoms with van der Waals surface area (Å²) in [6.45, 7) is 11.6. The standard InChI is InChI=1S/C16H23N3/c1-12-6-7-14(8-13(12)2)19-11-17-9-15(19)10-18-16(3,4)5/h6-9,11,18H,10H2,1-5H3. The molecule has 1 aromatic heterocycles. The minimum Gasteiger partial charge on any atom is -0.306 e. The first-order valence-electron chi connectivity index (χ1n) is 6.71. The van der Waals surface area contributed by atoms with E-state index in [0.717, 1.165) is 6.54 Å². The molecule has 0 fully saturated rings. The van der Waals surface area contributed by atoms with Crippen LogP contribution < -0.4 is 5.32 Å². The molecule has 1 aromatic carbocycles. The molecule has 19 heavy (non-hydrogen) atoms. The molecule has 0 bridgehead atoms. The zero-order valence-corrected chi connectivity index (χ0v) is 12.5. The molecule has 0 aliphatic rings. The predicted octanol–water partition coefficient (Wildman–Crippen LogP) is 3.38. The molecule has 0 saturated heterocycles. The van der Waals surface area contributed by atoms with Crippen LogP contribution in [0.2, 0.25) is 0 Å². The number of nitrogens with one attached hydrogen (secondary N) is 1. The summed E-state index contributed by atoms with van der Waals surface area (Å²) in [6, 6.07) is 6.51. The lowest BCUT2D eigenvalue weighted by Crippen LogP contribution is -2.35. The molecule has 1 heterocycles. The summed E-state index contributed by atoms with van der Waals surface area (Å²) in [5, 5.41) is 3.50. The van der Waals surface area contributed by atoms with Crippen LogP contribution in [0.1, 0.15) is 37.6 Å². The van der Waals surface area contributed by atoms with Gasteiger partial charge in [0.25, 0.3) is 0 Å². The smallest absolute Gasteiger partial charge is 0.0994 e. The first-order chi connectivity index (χ1) is 8.87. The van der Waals surface area contributed by atoms with E-state index < -0.39 is 0 Å². The SMILES string of the molecule is Cc1ccc(-n2cncc2CNC(C)(C)C)cc1C. The van der Waals surface area contributed by atoms with Gasteiger partial charge < -0.3 is 9.88 Å². The van der Waals surface area contributed by atoms with E-state index in [1.54, 1.807) is 0 Å². The summed E-state index contributed by atoms with van der Waals surface area (Å²) >= 11 is 0. The van der Waals surface area contributed by atoms with E-state index in [2.05, 4.69) is 67.7 Å². The van der Waals surface area contributed by atoms with Gasteiger partial charge in [0.05, 0.1) is 12.0 Å². The van der Waals surface area contributed by atoms with Crippen LogP contribution in [-0.2, 0) is 6.54 Å². The third-order valence-electron chi connectivity index (χ3n) is 3.28. The highest BCUT2D eigenvalue weighted by Gasteiger charge is 2.11. The molecule has 2 aromatic rings. The van der Waals surface area contributed by atoms with Crippen LogP contribution in [0.5, 0.6) is 0 Å². The highest BCUT2D eigenvalue weighted by atomic mass is 15.1. The lowest BCUT2D eigenvalue weighted by atomic mass is 10.1. The van der Waals surface area contributed by atoms with Gasteiger partial charge in [0.1, 0.15) is 0 Å². The van der Waals surface area contributed by atoms with Crippen molar-refractivity contribution < 1.29 is 0 Å². The molecule has 0 radical (unpaired) electrons. The van der Waals surface area contributed by atoms with Crippen molar-refractivity contribution in [3.8, 4) is 5.69 Å². The second-order valence-corrected chi connectivity index (χ2v) is 6.13. The Morgan fingerprint density at radius 3 is 2.53 bits per heavy atom. The van der Waals surface area contributed by atoms with Gasteiger partial charge in [0.2, 0.25) is 0 Å². The first-order valence-corrected chi connectivity index (χ1v) is 6.71. The summed E-state index contributed by atoms with van der Waals surface area (Å²) < 4.78 is 2.14. The molecule has 0 aliphatic carbocycles. The Bertz CT molecular complexity index is 562. The van der Waals surface area contributed by atoms with Gasteiger partial charge in [-0.2, -0.15) is 0 Å². The van der Waals surface area contributed by atoms with Gasteiger partial charge in [0.15, 0.2) is 0 Å². The van der Waals surface area contributed by atoms with Gasteiger partial charge in [-0.3, -0.25) is 0 Å².